The van der Waals surface area contributed by atoms with Crippen molar-refractivity contribution in [1.29, 1.82) is 0 Å². The van der Waals surface area contributed by atoms with E-state index in [1.807, 2.05) is 36.4 Å². The first-order valence-corrected chi connectivity index (χ1v) is 12.2. The number of hydrogen-bond acceptors (Lipinski definition) is 5. The summed E-state index contributed by atoms with van der Waals surface area (Å²) in [6.07, 6.45) is 0.278. The molecule has 8 nitrogen and oxygen atoms in total. The number of ether oxygens (including phenoxy) is 1. The summed E-state index contributed by atoms with van der Waals surface area (Å²) in [5.74, 6) is -1.38. The molecule has 34 heavy (non-hydrogen) atoms. The molecular formula is C24H24FN3O5S. The molecule has 0 aliphatic heterocycles. The number of rotatable bonds is 9. The Morgan fingerprint density at radius 3 is 2.18 bits per heavy atom. The van der Waals surface area contributed by atoms with E-state index in [1.54, 1.807) is 24.3 Å². The predicted octanol–water partition coefficient (Wildman–Crippen LogP) is 3.67. The minimum atomic E-state index is -3.72. The fourth-order valence-corrected chi connectivity index (χ4v) is 3.63. The number of carbonyl (C=O) groups excluding carboxylic acids is 2. The van der Waals surface area contributed by atoms with Crippen LogP contribution in [0.5, 0.6) is 0 Å². The van der Waals surface area contributed by atoms with Gasteiger partial charge in [0.25, 0.3) is 0 Å². The maximum absolute atomic E-state index is 14.0. The molecule has 0 radical (unpaired) electrons. The van der Waals surface area contributed by atoms with Gasteiger partial charge in [0.1, 0.15) is 18.5 Å². The molecule has 0 bridgehead atoms. The van der Waals surface area contributed by atoms with Crippen molar-refractivity contribution in [3.63, 3.8) is 0 Å². The average Bonchev–Trinajstić information content (AvgIpc) is 2.80. The Bertz CT molecular complexity index is 1240. The highest BCUT2D eigenvalue weighted by atomic mass is 32.2. The van der Waals surface area contributed by atoms with Crippen LogP contribution in [-0.4, -0.2) is 32.7 Å². The van der Waals surface area contributed by atoms with Gasteiger partial charge in [-0.05, 0) is 29.3 Å². The monoisotopic (exact) mass is 485 g/mol. The molecule has 0 unspecified atom stereocenters. The Morgan fingerprint density at radius 1 is 0.941 bits per heavy atom. The summed E-state index contributed by atoms with van der Waals surface area (Å²) in [6, 6.07) is 20.6. The highest BCUT2D eigenvalue weighted by Gasteiger charge is 2.23. The number of alkyl carbamates (subject to hydrolysis) is 1. The fourth-order valence-electron chi connectivity index (χ4n) is 3.08. The second-order valence-corrected chi connectivity index (χ2v) is 9.25. The van der Waals surface area contributed by atoms with E-state index in [-0.39, 0.29) is 24.4 Å². The van der Waals surface area contributed by atoms with Crippen molar-refractivity contribution >= 4 is 33.4 Å². The van der Waals surface area contributed by atoms with Crippen molar-refractivity contribution in [3.05, 3.63) is 95.8 Å². The van der Waals surface area contributed by atoms with Gasteiger partial charge < -0.3 is 15.4 Å². The lowest BCUT2D eigenvalue weighted by Gasteiger charge is -2.19. The molecule has 3 aromatic rings. The lowest BCUT2D eigenvalue weighted by atomic mass is 10.1. The SMILES string of the molecule is CS(=O)(=O)Nc1cc(NC(=O)[C@H](Cc2ccccc2)NC(=O)OCc2ccccc2)ccc1F. The van der Waals surface area contributed by atoms with E-state index in [2.05, 4.69) is 15.4 Å². The van der Waals surface area contributed by atoms with E-state index in [9.17, 15) is 22.4 Å². The molecule has 10 heteroatoms. The molecule has 3 rings (SSSR count). The lowest BCUT2D eigenvalue weighted by Crippen LogP contribution is -2.45. The molecule has 178 valence electrons. The number of benzene rings is 3. The summed E-state index contributed by atoms with van der Waals surface area (Å²) in [7, 11) is -3.72. The van der Waals surface area contributed by atoms with Crippen LogP contribution in [0.4, 0.5) is 20.6 Å². The smallest absolute Gasteiger partial charge is 0.408 e. The van der Waals surface area contributed by atoms with Crippen molar-refractivity contribution in [1.82, 2.24) is 5.32 Å². The Balaban J connectivity index is 1.72. The summed E-state index contributed by atoms with van der Waals surface area (Å²) in [4.78, 5) is 25.4. The summed E-state index contributed by atoms with van der Waals surface area (Å²) in [5.41, 5.74) is 1.42. The summed E-state index contributed by atoms with van der Waals surface area (Å²) >= 11 is 0. The van der Waals surface area contributed by atoms with Gasteiger partial charge in [0.05, 0.1) is 11.9 Å². The highest BCUT2D eigenvalue weighted by molar-refractivity contribution is 7.92. The Morgan fingerprint density at radius 2 is 1.56 bits per heavy atom. The molecule has 0 aliphatic rings. The van der Waals surface area contributed by atoms with Crippen molar-refractivity contribution in [2.45, 2.75) is 19.1 Å². The van der Waals surface area contributed by atoms with Crippen LogP contribution in [0.15, 0.2) is 78.9 Å². The number of nitrogens with one attached hydrogen (secondary N) is 3. The molecule has 0 saturated carbocycles. The topological polar surface area (TPSA) is 114 Å². The molecule has 3 aromatic carbocycles. The molecule has 1 atom stereocenters. The maximum Gasteiger partial charge on any atom is 0.408 e. The first kappa shape index (κ1) is 24.7. The Hall–Kier alpha value is -3.92. The van der Waals surface area contributed by atoms with Crippen LogP contribution in [0.25, 0.3) is 0 Å². The van der Waals surface area contributed by atoms with E-state index < -0.39 is 33.9 Å². The van der Waals surface area contributed by atoms with Crippen LogP contribution in [0, 0.1) is 5.82 Å². The largest absolute Gasteiger partial charge is 0.445 e. The van der Waals surface area contributed by atoms with E-state index in [1.165, 1.54) is 6.07 Å². The number of halogens is 1. The van der Waals surface area contributed by atoms with Crippen LogP contribution in [-0.2, 0) is 32.6 Å². The number of anilines is 2. The number of sulfonamides is 1. The first-order chi connectivity index (χ1) is 16.2. The highest BCUT2D eigenvalue weighted by Crippen LogP contribution is 2.21. The zero-order valence-corrected chi connectivity index (χ0v) is 19.1. The van der Waals surface area contributed by atoms with Crippen LogP contribution in [0.3, 0.4) is 0 Å². The maximum atomic E-state index is 14.0. The third kappa shape index (κ3) is 7.89. The number of amides is 2. The van der Waals surface area contributed by atoms with E-state index in [0.29, 0.717) is 0 Å². The van der Waals surface area contributed by atoms with Gasteiger partial charge in [-0.2, -0.15) is 0 Å². The minimum absolute atomic E-state index is 0.0326. The number of carbonyl (C=O) groups is 2. The van der Waals surface area contributed by atoms with E-state index in [4.69, 9.17) is 4.74 Å². The zero-order valence-electron chi connectivity index (χ0n) is 18.3. The van der Waals surface area contributed by atoms with Crippen LogP contribution >= 0.6 is 0 Å². The molecule has 0 fully saturated rings. The summed E-state index contributed by atoms with van der Waals surface area (Å²) < 4.78 is 44.2. The fraction of sp³-hybridized carbons (Fsp3) is 0.167. The molecule has 2 amide bonds. The van der Waals surface area contributed by atoms with Crippen molar-refractivity contribution < 1.29 is 27.1 Å². The van der Waals surface area contributed by atoms with Gasteiger partial charge in [-0.1, -0.05) is 60.7 Å². The third-order valence-electron chi connectivity index (χ3n) is 4.63. The predicted molar refractivity (Wildman–Crippen MR) is 127 cm³/mol. The number of hydrogen-bond donors (Lipinski definition) is 3. The molecule has 0 saturated heterocycles. The molecule has 0 aromatic heterocycles. The Kier molecular flexibility index (Phi) is 8.20. The zero-order chi connectivity index (χ0) is 24.6. The van der Waals surface area contributed by atoms with Gasteiger partial charge >= 0.3 is 6.09 Å². The quantitative estimate of drug-likeness (QED) is 0.428. The van der Waals surface area contributed by atoms with Gasteiger partial charge in [0.2, 0.25) is 15.9 Å². The van der Waals surface area contributed by atoms with Crippen LogP contribution in [0.1, 0.15) is 11.1 Å². The van der Waals surface area contributed by atoms with Gasteiger partial charge in [0.15, 0.2) is 0 Å². The van der Waals surface area contributed by atoms with Crippen LogP contribution in [0.2, 0.25) is 0 Å². The van der Waals surface area contributed by atoms with Gasteiger partial charge in [0, 0.05) is 12.1 Å². The van der Waals surface area contributed by atoms with Gasteiger partial charge in [-0.3, -0.25) is 9.52 Å². The lowest BCUT2D eigenvalue weighted by molar-refractivity contribution is -0.118. The van der Waals surface area contributed by atoms with Crippen molar-refractivity contribution in [2.24, 2.45) is 0 Å². The van der Waals surface area contributed by atoms with Gasteiger partial charge in [-0.25, -0.2) is 17.6 Å². The van der Waals surface area contributed by atoms with Gasteiger partial charge in [-0.15, -0.1) is 0 Å². The molecule has 0 heterocycles. The second-order valence-electron chi connectivity index (χ2n) is 7.51. The molecule has 3 N–H and O–H groups in total. The Labute approximate surface area is 197 Å². The normalized spacial score (nSPS) is 11.8. The summed E-state index contributed by atoms with van der Waals surface area (Å²) in [5, 5.41) is 5.15. The molecule has 0 spiro atoms. The summed E-state index contributed by atoms with van der Waals surface area (Å²) in [6.45, 7) is 0.0326. The van der Waals surface area contributed by atoms with Crippen molar-refractivity contribution in [2.75, 3.05) is 16.3 Å². The minimum Gasteiger partial charge on any atom is -0.445 e. The third-order valence-corrected chi connectivity index (χ3v) is 5.22. The first-order valence-electron chi connectivity index (χ1n) is 10.3. The standard InChI is InChI=1S/C24H24FN3O5S/c1-34(31,32)28-21-15-19(12-13-20(21)25)26-23(29)22(14-17-8-4-2-5-9-17)27-24(30)33-16-18-10-6-3-7-11-18/h2-13,15,22,28H,14,16H2,1H3,(H,26,29)(H,27,30)/t22-/m0/s1. The van der Waals surface area contributed by atoms with E-state index >= 15 is 0 Å². The molecule has 0 aliphatic carbocycles. The van der Waals surface area contributed by atoms with Crippen LogP contribution < -0.4 is 15.4 Å². The second kappa shape index (κ2) is 11.3. The average molecular weight is 486 g/mol. The van der Waals surface area contributed by atoms with Crippen molar-refractivity contribution in [3.8, 4) is 0 Å². The molecular weight excluding hydrogens is 461 g/mol. The van der Waals surface area contributed by atoms with E-state index in [0.717, 1.165) is 29.5 Å².